The molecule has 7 heteroatoms. The lowest BCUT2D eigenvalue weighted by Gasteiger charge is -2.15. The van der Waals surface area contributed by atoms with Crippen molar-refractivity contribution in [2.45, 2.75) is 32.1 Å². The highest BCUT2D eigenvalue weighted by molar-refractivity contribution is 7.89. The van der Waals surface area contributed by atoms with Crippen LogP contribution >= 0.6 is 11.3 Å². The largest absolute Gasteiger partial charge is 0.398 e. The van der Waals surface area contributed by atoms with Crippen LogP contribution in [0.2, 0.25) is 0 Å². The van der Waals surface area contributed by atoms with Gasteiger partial charge in [-0.2, -0.15) is 0 Å². The van der Waals surface area contributed by atoms with Crippen LogP contribution in [0, 0.1) is 20.8 Å². The topological polar surface area (TPSA) is 85.1 Å². The zero-order chi connectivity index (χ0) is 15.6. The number of aryl methyl sites for hydroxylation is 1. The van der Waals surface area contributed by atoms with E-state index in [4.69, 9.17) is 5.73 Å². The minimum atomic E-state index is -3.57. The average molecular weight is 325 g/mol. The SMILES string of the molecule is Cc1cc(N)c(C)c(S(=O)(=O)NCCc2cscn2)c1C. The Kier molecular flexibility index (Phi) is 4.65. The second-order valence-electron chi connectivity index (χ2n) is 4.99. The maximum absolute atomic E-state index is 12.5. The van der Waals surface area contributed by atoms with Gasteiger partial charge in [-0.15, -0.1) is 11.3 Å². The van der Waals surface area contributed by atoms with Crippen molar-refractivity contribution in [3.8, 4) is 0 Å². The maximum atomic E-state index is 12.5. The summed E-state index contributed by atoms with van der Waals surface area (Å²) in [5.41, 5.74) is 11.2. The standard InChI is InChI=1S/C14H19N3O2S2/c1-9-6-13(15)11(3)14(10(9)2)21(18,19)17-5-4-12-7-20-8-16-12/h6-8,17H,4-5,15H2,1-3H3. The van der Waals surface area contributed by atoms with Crippen LogP contribution in [-0.4, -0.2) is 19.9 Å². The fraction of sp³-hybridized carbons (Fsp3) is 0.357. The summed E-state index contributed by atoms with van der Waals surface area (Å²) in [5, 5.41) is 1.91. The predicted molar refractivity (Wildman–Crippen MR) is 86.1 cm³/mol. The van der Waals surface area contributed by atoms with Crippen LogP contribution in [0.25, 0.3) is 0 Å². The third-order valence-corrected chi connectivity index (χ3v) is 5.87. The second-order valence-corrected chi connectivity index (χ2v) is 7.41. The lowest BCUT2D eigenvalue weighted by Crippen LogP contribution is -2.28. The van der Waals surface area contributed by atoms with Crippen molar-refractivity contribution in [2.24, 2.45) is 0 Å². The molecule has 0 aliphatic heterocycles. The third-order valence-electron chi connectivity index (χ3n) is 3.50. The minimum Gasteiger partial charge on any atom is -0.398 e. The van der Waals surface area contributed by atoms with E-state index in [0.717, 1.165) is 16.8 Å². The number of sulfonamides is 1. The highest BCUT2D eigenvalue weighted by Gasteiger charge is 2.21. The van der Waals surface area contributed by atoms with Crippen LogP contribution in [0.15, 0.2) is 21.9 Å². The molecule has 21 heavy (non-hydrogen) atoms. The van der Waals surface area contributed by atoms with Crippen LogP contribution in [0.3, 0.4) is 0 Å². The molecule has 1 heterocycles. The van der Waals surface area contributed by atoms with Crippen molar-refractivity contribution in [2.75, 3.05) is 12.3 Å². The molecule has 0 radical (unpaired) electrons. The zero-order valence-corrected chi connectivity index (χ0v) is 13.9. The number of thiazole rings is 1. The van der Waals surface area contributed by atoms with Gasteiger partial charge in [0.2, 0.25) is 10.0 Å². The highest BCUT2D eigenvalue weighted by Crippen LogP contribution is 2.27. The van der Waals surface area contributed by atoms with E-state index in [1.165, 1.54) is 11.3 Å². The van der Waals surface area contributed by atoms with E-state index in [2.05, 4.69) is 9.71 Å². The fourth-order valence-corrected chi connectivity index (χ4v) is 4.38. The number of nitrogens with zero attached hydrogens (tertiary/aromatic N) is 1. The summed E-state index contributed by atoms with van der Waals surface area (Å²) in [6, 6.07) is 1.80. The van der Waals surface area contributed by atoms with E-state index in [9.17, 15) is 8.42 Å². The Morgan fingerprint density at radius 3 is 2.62 bits per heavy atom. The molecule has 0 saturated carbocycles. The number of nitrogens with two attached hydrogens (primary N) is 1. The van der Waals surface area contributed by atoms with Gasteiger partial charge in [0.05, 0.1) is 16.1 Å². The van der Waals surface area contributed by atoms with E-state index < -0.39 is 10.0 Å². The van der Waals surface area contributed by atoms with Crippen molar-refractivity contribution in [1.82, 2.24) is 9.71 Å². The first-order chi connectivity index (χ1) is 9.83. The number of nitrogen functional groups attached to an aromatic ring is 1. The lowest BCUT2D eigenvalue weighted by molar-refractivity contribution is 0.580. The Morgan fingerprint density at radius 1 is 1.29 bits per heavy atom. The summed E-state index contributed by atoms with van der Waals surface area (Å²) in [4.78, 5) is 4.43. The molecule has 5 nitrogen and oxygen atoms in total. The number of benzene rings is 1. The Hall–Kier alpha value is -1.44. The van der Waals surface area contributed by atoms with Crippen LogP contribution < -0.4 is 10.5 Å². The summed E-state index contributed by atoms with van der Waals surface area (Å²) >= 11 is 1.50. The molecule has 3 N–H and O–H groups in total. The number of anilines is 1. The number of aromatic nitrogens is 1. The summed E-state index contributed by atoms with van der Waals surface area (Å²) in [5.74, 6) is 0. The number of nitrogens with one attached hydrogen (secondary N) is 1. The van der Waals surface area contributed by atoms with Gasteiger partial charge in [0, 0.05) is 24.0 Å². The molecule has 2 rings (SSSR count). The first-order valence-electron chi connectivity index (χ1n) is 6.56. The zero-order valence-electron chi connectivity index (χ0n) is 12.3. The van der Waals surface area contributed by atoms with Crippen LogP contribution in [0.5, 0.6) is 0 Å². The van der Waals surface area contributed by atoms with Gasteiger partial charge in [-0.05, 0) is 43.5 Å². The molecule has 0 spiro atoms. The molecule has 0 bridgehead atoms. The first kappa shape index (κ1) is 15.9. The molecule has 1 aromatic carbocycles. The molecular weight excluding hydrogens is 306 g/mol. The van der Waals surface area contributed by atoms with Crippen molar-refractivity contribution < 1.29 is 8.42 Å². The molecule has 0 aliphatic rings. The second kappa shape index (κ2) is 6.13. The van der Waals surface area contributed by atoms with Crippen LogP contribution in [0.1, 0.15) is 22.4 Å². The van der Waals surface area contributed by atoms with Gasteiger partial charge in [-0.25, -0.2) is 18.1 Å². The molecular formula is C14H19N3O2S2. The van der Waals surface area contributed by atoms with E-state index in [0.29, 0.717) is 29.1 Å². The molecule has 114 valence electrons. The Morgan fingerprint density at radius 2 is 2.00 bits per heavy atom. The maximum Gasteiger partial charge on any atom is 0.241 e. The highest BCUT2D eigenvalue weighted by atomic mass is 32.2. The number of hydrogen-bond acceptors (Lipinski definition) is 5. The molecule has 2 aromatic rings. The fourth-order valence-electron chi connectivity index (χ4n) is 2.19. The van der Waals surface area contributed by atoms with Crippen molar-refractivity contribution >= 4 is 27.0 Å². The van der Waals surface area contributed by atoms with Crippen molar-refractivity contribution in [1.29, 1.82) is 0 Å². The van der Waals surface area contributed by atoms with Gasteiger partial charge in [0.1, 0.15) is 0 Å². The molecule has 0 atom stereocenters. The minimum absolute atomic E-state index is 0.290. The van der Waals surface area contributed by atoms with Gasteiger partial charge in [-0.3, -0.25) is 0 Å². The Bertz CT molecular complexity index is 712. The molecule has 1 aromatic heterocycles. The molecule has 0 saturated heterocycles. The summed E-state index contributed by atoms with van der Waals surface area (Å²) in [7, 11) is -3.57. The Labute approximate surface area is 129 Å². The Balaban J connectivity index is 2.23. The van der Waals surface area contributed by atoms with E-state index in [1.807, 2.05) is 12.3 Å². The summed E-state index contributed by atoms with van der Waals surface area (Å²) < 4.78 is 27.7. The van der Waals surface area contributed by atoms with E-state index >= 15 is 0 Å². The average Bonchev–Trinajstić information content (AvgIpc) is 2.89. The normalized spacial score (nSPS) is 11.8. The number of rotatable bonds is 5. The van der Waals surface area contributed by atoms with E-state index in [1.54, 1.807) is 25.4 Å². The van der Waals surface area contributed by atoms with Gasteiger partial charge in [-0.1, -0.05) is 0 Å². The molecule has 0 aliphatic carbocycles. The molecule has 0 unspecified atom stereocenters. The van der Waals surface area contributed by atoms with Gasteiger partial charge < -0.3 is 5.73 Å². The predicted octanol–water partition coefficient (Wildman–Crippen LogP) is 2.17. The first-order valence-corrected chi connectivity index (χ1v) is 8.98. The summed E-state index contributed by atoms with van der Waals surface area (Å²) in [6.45, 7) is 5.71. The molecule has 0 fully saturated rings. The number of hydrogen-bond donors (Lipinski definition) is 2. The van der Waals surface area contributed by atoms with Gasteiger partial charge in [0.15, 0.2) is 0 Å². The van der Waals surface area contributed by atoms with Crippen molar-refractivity contribution in [3.05, 3.63) is 39.3 Å². The third kappa shape index (κ3) is 3.42. The van der Waals surface area contributed by atoms with E-state index in [-0.39, 0.29) is 0 Å². The monoisotopic (exact) mass is 325 g/mol. The van der Waals surface area contributed by atoms with Crippen LogP contribution in [-0.2, 0) is 16.4 Å². The van der Waals surface area contributed by atoms with Gasteiger partial charge in [0.25, 0.3) is 0 Å². The lowest BCUT2D eigenvalue weighted by atomic mass is 10.1. The van der Waals surface area contributed by atoms with Gasteiger partial charge >= 0.3 is 0 Å². The molecule has 0 amide bonds. The summed E-state index contributed by atoms with van der Waals surface area (Å²) in [6.07, 6.45) is 0.572. The quantitative estimate of drug-likeness (QED) is 0.825. The smallest absolute Gasteiger partial charge is 0.241 e. The van der Waals surface area contributed by atoms with Crippen molar-refractivity contribution in [3.63, 3.8) is 0 Å². The van der Waals surface area contributed by atoms with Crippen LogP contribution in [0.4, 0.5) is 5.69 Å².